The molecule has 1 N–H and O–H groups in total. The largest absolute Gasteiger partial charge is 0.383 e. The van der Waals surface area contributed by atoms with Crippen molar-refractivity contribution in [2.24, 2.45) is 16.8 Å². The van der Waals surface area contributed by atoms with E-state index in [1.54, 1.807) is 7.11 Å². The lowest BCUT2D eigenvalue weighted by Gasteiger charge is -2.33. The van der Waals surface area contributed by atoms with E-state index in [2.05, 4.69) is 27.2 Å². The van der Waals surface area contributed by atoms with E-state index < -0.39 is 0 Å². The first-order chi connectivity index (χ1) is 11.2. The van der Waals surface area contributed by atoms with Crippen LogP contribution in [0.15, 0.2) is 4.99 Å². The van der Waals surface area contributed by atoms with Gasteiger partial charge in [0.1, 0.15) is 0 Å². The minimum Gasteiger partial charge on any atom is -0.383 e. The van der Waals surface area contributed by atoms with E-state index in [4.69, 9.17) is 9.47 Å². The van der Waals surface area contributed by atoms with Crippen molar-refractivity contribution in [3.8, 4) is 0 Å². The molecule has 0 aromatic rings. The zero-order valence-corrected chi connectivity index (χ0v) is 17.8. The minimum absolute atomic E-state index is 0. The number of aliphatic imine (C=N–C) groups is 1. The molecular formula is C17H35IN4O2. The van der Waals surface area contributed by atoms with Crippen LogP contribution in [0.5, 0.6) is 0 Å². The first-order valence-corrected chi connectivity index (χ1v) is 8.93. The van der Waals surface area contributed by atoms with Crippen LogP contribution in [0.2, 0.25) is 0 Å². The quantitative estimate of drug-likeness (QED) is 0.359. The molecule has 0 aromatic heterocycles. The summed E-state index contributed by atoms with van der Waals surface area (Å²) >= 11 is 0. The Hall–Kier alpha value is -0.120. The van der Waals surface area contributed by atoms with E-state index in [9.17, 15) is 0 Å². The van der Waals surface area contributed by atoms with Crippen LogP contribution >= 0.6 is 24.0 Å². The number of hydrogen-bond donors (Lipinski definition) is 1. The predicted molar refractivity (Wildman–Crippen MR) is 109 cm³/mol. The van der Waals surface area contributed by atoms with Gasteiger partial charge in [0.15, 0.2) is 5.96 Å². The van der Waals surface area contributed by atoms with E-state index in [1.807, 2.05) is 7.05 Å². The first-order valence-electron chi connectivity index (χ1n) is 8.93. The van der Waals surface area contributed by atoms with Gasteiger partial charge in [-0.1, -0.05) is 0 Å². The second kappa shape index (κ2) is 12.3. The third-order valence-corrected chi connectivity index (χ3v) is 5.00. The number of rotatable bonds is 7. The highest BCUT2D eigenvalue weighted by Gasteiger charge is 2.21. The second-order valence-electron chi connectivity index (χ2n) is 6.82. The summed E-state index contributed by atoms with van der Waals surface area (Å²) in [5.41, 5.74) is 0. The van der Waals surface area contributed by atoms with E-state index in [1.165, 1.54) is 32.4 Å². The molecule has 2 aliphatic heterocycles. The molecule has 1 atom stereocenters. The molecule has 0 aromatic carbocycles. The third-order valence-electron chi connectivity index (χ3n) is 5.00. The van der Waals surface area contributed by atoms with Gasteiger partial charge in [0.25, 0.3) is 0 Å². The van der Waals surface area contributed by atoms with Crippen LogP contribution < -0.4 is 5.32 Å². The summed E-state index contributed by atoms with van der Waals surface area (Å²) in [6.45, 7) is 8.11. The van der Waals surface area contributed by atoms with Gasteiger partial charge in [-0.15, -0.1) is 24.0 Å². The Morgan fingerprint density at radius 3 is 2.62 bits per heavy atom. The average Bonchev–Trinajstić information content (AvgIpc) is 3.07. The Balaban J connectivity index is 0.00000288. The Bertz CT molecular complexity index is 356. The van der Waals surface area contributed by atoms with Gasteiger partial charge in [0.2, 0.25) is 0 Å². The predicted octanol–water partition coefficient (Wildman–Crippen LogP) is 1.51. The number of halogens is 1. The molecule has 7 heteroatoms. The van der Waals surface area contributed by atoms with Gasteiger partial charge < -0.3 is 24.6 Å². The molecule has 2 heterocycles. The van der Waals surface area contributed by atoms with Gasteiger partial charge in [0, 0.05) is 53.4 Å². The normalized spacial score (nSPS) is 23.1. The number of nitrogens with zero attached hydrogens (tertiary/aromatic N) is 3. The third kappa shape index (κ3) is 7.41. The number of hydrogen-bond acceptors (Lipinski definition) is 4. The summed E-state index contributed by atoms with van der Waals surface area (Å²) in [7, 11) is 5.77. The Morgan fingerprint density at radius 1 is 1.29 bits per heavy atom. The molecule has 2 rings (SSSR count). The molecular weight excluding hydrogens is 419 g/mol. The standard InChI is InChI=1S/C17H34N4O2.HI/c1-18-17(20(2)13-16-6-10-23-14-16)19-12-15-4-7-21(8-5-15)9-11-22-3;/h15-16H,4-14H2,1-3H3,(H,18,19);1H. The molecule has 0 saturated carbocycles. The van der Waals surface area contributed by atoms with Crippen molar-refractivity contribution >= 4 is 29.9 Å². The van der Waals surface area contributed by atoms with Crippen molar-refractivity contribution < 1.29 is 9.47 Å². The smallest absolute Gasteiger partial charge is 0.193 e. The molecule has 0 amide bonds. The second-order valence-corrected chi connectivity index (χ2v) is 6.82. The fraction of sp³-hybridized carbons (Fsp3) is 0.941. The van der Waals surface area contributed by atoms with Gasteiger partial charge in [-0.25, -0.2) is 0 Å². The molecule has 24 heavy (non-hydrogen) atoms. The molecule has 2 fully saturated rings. The lowest BCUT2D eigenvalue weighted by atomic mass is 9.97. The lowest BCUT2D eigenvalue weighted by molar-refractivity contribution is 0.120. The molecule has 0 spiro atoms. The van der Waals surface area contributed by atoms with Crippen LogP contribution in [0.1, 0.15) is 19.3 Å². The van der Waals surface area contributed by atoms with Crippen molar-refractivity contribution in [1.82, 2.24) is 15.1 Å². The van der Waals surface area contributed by atoms with Crippen LogP contribution in [-0.4, -0.2) is 89.5 Å². The fourth-order valence-electron chi connectivity index (χ4n) is 3.46. The molecule has 142 valence electrons. The van der Waals surface area contributed by atoms with Gasteiger partial charge >= 0.3 is 0 Å². The van der Waals surface area contributed by atoms with Gasteiger partial charge in [-0.3, -0.25) is 4.99 Å². The van der Waals surface area contributed by atoms with E-state index >= 15 is 0 Å². The van der Waals surface area contributed by atoms with Crippen molar-refractivity contribution in [3.63, 3.8) is 0 Å². The van der Waals surface area contributed by atoms with Crippen LogP contribution in [0.25, 0.3) is 0 Å². The maximum atomic E-state index is 5.46. The van der Waals surface area contributed by atoms with Gasteiger partial charge in [0.05, 0.1) is 13.2 Å². The van der Waals surface area contributed by atoms with Gasteiger partial charge in [-0.2, -0.15) is 0 Å². The zero-order valence-electron chi connectivity index (χ0n) is 15.5. The summed E-state index contributed by atoms with van der Waals surface area (Å²) in [5.74, 6) is 2.40. The molecule has 0 radical (unpaired) electrons. The summed E-state index contributed by atoms with van der Waals surface area (Å²) in [5, 5.41) is 3.56. The van der Waals surface area contributed by atoms with Crippen molar-refractivity contribution in [3.05, 3.63) is 0 Å². The monoisotopic (exact) mass is 454 g/mol. The maximum absolute atomic E-state index is 5.46. The number of nitrogens with one attached hydrogen (secondary N) is 1. The number of guanidine groups is 1. The molecule has 6 nitrogen and oxygen atoms in total. The first kappa shape index (κ1) is 21.9. The minimum atomic E-state index is 0. The highest BCUT2D eigenvalue weighted by atomic mass is 127. The number of likely N-dealkylation sites (tertiary alicyclic amines) is 1. The van der Waals surface area contributed by atoms with Crippen molar-refractivity contribution in [2.75, 3.05) is 73.7 Å². The van der Waals surface area contributed by atoms with Crippen LogP contribution in [0.3, 0.4) is 0 Å². The number of methoxy groups -OCH3 is 1. The summed E-state index contributed by atoms with van der Waals surface area (Å²) in [4.78, 5) is 9.18. The topological polar surface area (TPSA) is 49.3 Å². The van der Waals surface area contributed by atoms with Crippen LogP contribution in [-0.2, 0) is 9.47 Å². The Morgan fingerprint density at radius 2 is 2.04 bits per heavy atom. The lowest BCUT2D eigenvalue weighted by Crippen LogP contribution is -2.45. The average molecular weight is 454 g/mol. The number of piperidine rings is 1. The van der Waals surface area contributed by atoms with E-state index in [0.717, 1.165) is 51.3 Å². The highest BCUT2D eigenvalue weighted by molar-refractivity contribution is 14.0. The van der Waals surface area contributed by atoms with Crippen molar-refractivity contribution in [1.29, 1.82) is 0 Å². The zero-order chi connectivity index (χ0) is 16.5. The Labute approximate surface area is 164 Å². The summed E-state index contributed by atoms with van der Waals surface area (Å²) in [6, 6.07) is 0. The molecule has 0 aliphatic carbocycles. The highest BCUT2D eigenvalue weighted by Crippen LogP contribution is 2.16. The summed E-state index contributed by atoms with van der Waals surface area (Å²) in [6.07, 6.45) is 3.68. The van der Waals surface area contributed by atoms with Crippen LogP contribution in [0, 0.1) is 11.8 Å². The fourth-order valence-corrected chi connectivity index (χ4v) is 3.46. The number of ether oxygens (including phenoxy) is 2. The van der Waals surface area contributed by atoms with Crippen molar-refractivity contribution in [2.45, 2.75) is 19.3 Å². The molecule has 1 unspecified atom stereocenters. The molecule has 2 aliphatic rings. The van der Waals surface area contributed by atoms with E-state index in [0.29, 0.717) is 5.92 Å². The maximum Gasteiger partial charge on any atom is 0.193 e. The SMILES string of the molecule is CN=C(NCC1CCN(CCOC)CC1)N(C)CC1CCOC1.I. The molecule has 2 saturated heterocycles. The van der Waals surface area contributed by atoms with Gasteiger partial charge in [-0.05, 0) is 38.3 Å². The van der Waals surface area contributed by atoms with E-state index in [-0.39, 0.29) is 24.0 Å². The van der Waals surface area contributed by atoms with Crippen LogP contribution in [0.4, 0.5) is 0 Å². The Kier molecular flexibility index (Phi) is 11.2. The molecule has 0 bridgehead atoms. The summed E-state index contributed by atoms with van der Waals surface area (Å²) < 4.78 is 10.6.